The molecule has 2 aromatic rings. The van der Waals surface area contributed by atoms with E-state index in [0.29, 0.717) is 18.1 Å². The van der Waals surface area contributed by atoms with Gasteiger partial charge in [-0.3, -0.25) is 9.78 Å². The number of carbonyl (C=O) groups excluding carboxylic acids is 1. The summed E-state index contributed by atoms with van der Waals surface area (Å²) >= 11 is 0. The van der Waals surface area contributed by atoms with Crippen molar-refractivity contribution >= 4 is 12.0 Å². The molecule has 0 saturated carbocycles. The van der Waals surface area contributed by atoms with Gasteiger partial charge in [0.2, 0.25) is 5.91 Å². The van der Waals surface area contributed by atoms with E-state index in [1.807, 2.05) is 54.6 Å². The predicted octanol–water partition coefficient (Wildman–Crippen LogP) is 3.83. The lowest BCUT2D eigenvalue weighted by atomic mass is 10.0. The highest BCUT2D eigenvalue weighted by Gasteiger charge is 2.24. The van der Waals surface area contributed by atoms with Crippen LogP contribution in [0.4, 0.5) is 0 Å². The van der Waals surface area contributed by atoms with Crippen LogP contribution in [0, 0.1) is 0 Å². The maximum absolute atomic E-state index is 12.7. The third kappa shape index (κ3) is 6.69. The summed E-state index contributed by atoms with van der Waals surface area (Å²) in [7, 11) is 3.50. The number of likely N-dealkylation sites (N-methyl/N-ethyl adjacent to an activating group) is 1. The molecule has 0 spiro atoms. The molecular weight excluding hydrogens is 402 g/mol. The first-order valence-corrected chi connectivity index (χ1v) is 11.1. The first-order valence-electron chi connectivity index (χ1n) is 11.1. The molecule has 0 atom stereocenters. The van der Waals surface area contributed by atoms with E-state index >= 15 is 0 Å². The lowest BCUT2D eigenvalue weighted by molar-refractivity contribution is -0.127. The summed E-state index contributed by atoms with van der Waals surface area (Å²) in [5, 5.41) is 0. The second kappa shape index (κ2) is 12.1. The van der Waals surface area contributed by atoms with E-state index in [2.05, 4.69) is 22.5 Å². The molecule has 0 unspecified atom stereocenters. The minimum atomic E-state index is 0.0166. The molecule has 6 nitrogen and oxygen atoms in total. The molecule has 1 fully saturated rings. The monoisotopic (exact) mass is 435 g/mol. The highest BCUT2D eigenvalue weighted by atomic mass is 16.5. The van der Waals surface area contributed by atoms with Crippen molar-refractivity contribution in [2.45, 2.75) is 25.3 Å². The van der Waals surface area contributed by atoms with Crippen molar-refractivity contribution in [3.8, 4) is 11.5 Å². The van der Waals surface area contributed by atoms with Gasteiger partial charge in [-0.2, -0.15) is 0 Å². The van der Waals surface area contributed by atoms with Gasteiger partial charge in [0.15, 0.2) is 11.5 Å². The van der Waals surface area contributed by atoms with Crippen LogP contribution in [-0.4, -0.2) is 67.1 Å². The molecule has 0 aliphatic carbocycles. The normalized spacial score (nSPS) is 14.9. The number of benzene rings is 1. The minimum absolute atomic E-state index is 0.0166. The van der Waals surface area contributed by atoms with Gasteiger partial charge in [0.25, 0.3) is 0 Å². The molecular formula is C26H33N3O3. The van der Waals surface area contributed by atoms with Crippen molar-refractivity contribution in [2.24, 2.45) is 0 Å². The lowest BCUT2D eigenvalue weighted by Gasteiger charge is -2.36. The fraction of sp³-hybridized carbons (Fsp3) is 0.385. The van der Waals surface area contributed by atoms with E-state index in [1.54, 1.807) is 19.3 Å². The summed E-state index contributed by atoms with van der Waals surface area (Å²) in [6.07, 6.45) is 9.92. The highest BCUT2D eigenvalue weighted by Crippen LogP contribution is 2.28. The number of aromatic nitrogens is 1. The number of amides is 1. The van der Waals surface area contributed by atoms with Crippen molar-refractivity contribution in [1.29, 1.82) is 0 Å². The Morgan fingerprint density at radius 3 is 2.75 bits per heavy atom. The van der Waals surface area contributed by atoms with Crippen molar-refractivity contribution in [3.05, 3.63) is 72.6 Å². The maximum Gasteiger partial charge on any atom is 0.246 e. The first kappa shape index (κ1) is 23.5. The number of ether oxygens (including phenoxy) is 2. The Kier molecular flexibility index (Phi) is 8.87. The number of methoxy groups -OCH3 is 1. The van der Waals surface area contributed by atoms with Crippen LogP contribution in [0.5, 0.6) is 11.5 Å². The second-order valence-electron chi connectivity index (χ2n) is 7.94. The highest BCUT2D eigenvalue weighted by molar-refractivity contribution is 5.91. The van der Waals surface area contributed by atoms with Gasteiger partial charge in [0.1, 0.15) is 6.61 Å². The van der Waals surface area contributed by atoms with Crippen LogP contribution in [-0.2, 0) is 11.2 Å². The molecule has 0 N–H and O–H groups in total. The fourth-order valence-electron chi connectivity index (χ4n) is 3.87. The van der Waals surface area contributed by atoms with Gasteiger partial charge in [-0.1, -0.05) is 24.8 Å². The number of hydrogen-bond donors (Lipinski definition) is 0. The molecule has 1 aliphatic heterocycles. The fourth-order valence-corrected chi connectivity index (χ4v) is 3.87. The zero-order valence-electron chi connectivity index (χ0n) is 19.1. The van der Waals surface area contributed by atoms with Crippen molar-refractivity contribution in [2.75, 3.05) is 40.4 Å². The van der Waals surface area contributed by atoms with E-state index in [9.17, 15) is 4.79 Å². The third-order valence-corrected chi connectivity index (χ3v) is 5.83. The summed E-state index contributed by atoms with van der Waals surface area (Å²) in [6, 6.07) is 11.9. The summed E-state index contributed by atoms with van der Waals surface area (Å²) in [5.74, 6) is 1.30. The minimum Gasteiger partial charge on any atom is -0.493 e. The predicted molar refractivity (Wildman–Crippen MR) is 128 cm³/mol. The van der Waals surface area contributed by atoms with Gasteiger partial charge in [0, 0.05) is 57.1 Å². The average Bonchev–Trinajstić information content (AvgIpc) is 2.85. The zero-order chi connectivity index (χ0) is 22.8. The summed E-state index contributed by atoms with van der Waals surface area (Å²) in [5.41, 5.74) is 2.02. The largest absolute Gasteiger partial charge is 0.493 e. The van der Waals surface area contributed by atoms with Crippen LogP contribution in [0.1, 0.15) is 24.1 Å². The number of likely N-dealkylation sites (tertiary alicyclic amines) is 1. The standard InChI is InChI=1S/C26H33N3O3/c1-4-19-32-24-10-8-21(20-25(24)31-3)9-11-26(30)28(2)23-13-17-29(18-14-23)16-12-22-7-5-6-15-27-22/h4-11,15,20,23H,1,12-14,16-19H2,2-3H3/b11-9+. The maximum atomic E-state index is 12.7. The quantitative estimate of drug-likeness (QED) is 0.419. The number of nitrogens with zero attached hydrogens (tertiary/aromatic N) is 3. The van der Waals surface area contributed by atoms with Crippen LogP contribution in [0.15, 0.2) is 61.3 Å². The van der Waals surface area contributed by atoms with Crippen molar-refractivity contribution < 1.29 is 14.3 Å². The molecule has 1 saturated heterocycles. The zero-order valence-corrected chi connectivity index (χ0v) is 19.1. The number of carbonyl (C=O) groups is 1. The number of hydrogen-bond acceptors (Lipinski definition) is 5. The van der Waals surface area contributed by atoms with Crippen LogP contribution in [0.3, 0.4) is 0 Å². The molecule has 1 aromatic carbocycles. The van der Waals surface area contributed by atoms with Crippen LogP contribution in [0.25, 0.3) is 6.08 Å². The van der Waals surface area contributed by atoms with Gasteiger partial charge in [0.05, 0.1) is 7.11 Å². The lowest BCUT2D eigenvalue weighted by Crippen LogP contribution is -2.45. The molecule has 170 valence electrons. The Balaban J connectivity index is 1.48. The molecule has 1 aliphatic rings. The molecule has 6 heteroatoms. The van der Waals surface area contributed by atoms with Gasteiger partial charge < -0.3 is 19.3 Å². The molecule has 2 heterocycles. The Labute approximate surface area is 191 Å². The SMILES string of the molecule is C=CCOc1ccc(/C=C/C(=O)N(C)C2CCN(CCc3ccccn3)CC2)cc1OC. The van der Waals surface area contributed by atoms with E-state index in [0.717, 1.165) is 50.2 Å². The van der Waals surface area contributed by atoms with Crippen LogP contribution < -0.4 is 9.47 Å². The van der Waals surface area contributed by atoms with E-state index in [4.69, 9.17) is 9.47 Å². The second-order valence-corrected chi connectivity index (χ2v) is 7.94. The number of rotatable bonds is 10. The third-order valence-electron chi connectivity index (χ3n) is 5.83. The molecule has 0 bridgehead atoms. The summed E-state index contributed by atoms with van der Waals surface area (Å²) < 4.78 is 11.0. The Morgan fingerprint density at radius 1 is 1.25 bits per heavy atom. The van der Waals surface area contributed by atoms with Gasteiger partial charge in [-0.15, -0.1) is 0 Å². The van der Waals surface area contributed by atoms with Crippen LogP contribution >= 0.6 is 0 Å². The summed E-state index contributed by atoms with van der Waals surface area (Å²) in [6.45, 7) is 7.08. The Morgan fingerprint density at radius 2 is 2.06 bits per heavy atom. The topological polar surface area (TPSA) is 54.9 Å². The number of piperidine rings is 1. The molecule has 0 radical (unpaired) electrons. The molecule has 3 rings (SSSR count). The summed E-state index contributed by atoms with van der Waals surface area (Å²) in [4.78, 5) is 21.4. The van der Waals surface area contributed by atoms with Crippen molar-refractivity contribution in [1.82, 2.24) is 14.8 Å². The number of pyridine rings is 1. The first-order chi connectivity index (χ1) is 15.6. The van der Waals surface area contributed by atoms with Gasteiger partial charge in [-0.25, -0.2) is 0 Å². The average molecular weight is 436 g/mol. The van der Waals surface area contributed by atoms with Crippen LogP contribution in [0.2, 0.25) is 0 Å². The van der Waals surface area contributed by atoms with E-state index in [-0.39, 0.29) is 11.9 Å². The van der Waals surface area contributed by atoms with E-state index < -0.39 is 0 Å². The Hall–Kier alpha value is -3.12. The smallest absolute Gasteiger partial charge is 0.246 e. The van der Waals surface area contributed by atoms with Gasteiger partial charge in [-0.05, 0) is 48.7 Å². The molecule has 1 aromatic heterocycles. The van der Waals surface area contributed by atoms with Crippen molar-refractivity contribution in [3.63, 3.8) is 0 Å². The Bertz CT molecular complexity index is 906. The van der Waals surface area contributed by atoms with Gasteiger partial charge >= 0.3 is 0 Å². The molecule has 1 amide bonds. The molecule has 32 heavy (non-hydrogen) atoms. The van der Waals surface area contributed by atoms with E-state index in [1.165, 1.54) is 0 Å².